The first-order chi connectivity index (χ1) is 14.8. The quantitative estimate of drug-likeness (QED) is 0.241. The zero-order valence-corrected chi connectivity index (χ0v) is 23.9. The van der Waals surface area contributed by atoms with Gasteiger partial charge in [0.2, 0.25) is 0 Å². The van der Waals surface area contributed by atoms with E-state index in [1.165, 1.54) is 6.42 Å². The van der Waals surface area contributed by atoms with E-state index < -0.39 is 13.9 Å². The van der Waals surface area contributed by atoms with Crippen LogP contribution in [0, 0.1) is 17.3 Å². The van der Waals surface area contributed by atoms with Crippen LogP contribution < -0.4 is 0 Å². The van der Waals surface area contributed by atoms with Gasteiger partial charge in [-0.1, -0.05) is 46.8 Å². The van der Waals surface area contributed by atoms with Crippen molar-refractivity contribution in [3.05, 3.63) is 12.2 Å². The van der Waals surface area contributed by atoms with Crippen LogP contribution in [0.25, 0.3) is 0 Å². The summed E-state index contributed by atoms with van der Waals surface area (Å²) in [6.07, 6.45) is 7.19. The van der Waals surface area contributed by atoms with E-state index >= 15 is 0 Å². The fourth-order valence-electron chi connectivity index (χ4n) is 5.65. The van der Waals surface area contributed by atoms with Gasteiger partial charge in [0.05, 0.1) is 24.2 Å². The Labute approximate surface area is 203 Å². The summed E-state index contributed by atoms with van der Waals surface area (Å²) in [5.41, 5.74) is -0.354. The third-order valence-corrected chi connectivity index (χ3v) is 13.2. The number of ether oxygens (including phenoxy) is 1. The zero-order valence-electron chi connectivity index (χ0n) is 22.9. The summed E-state index contributed by atoms with van der Waals surface area (Å²) in [7, 11) is -2.29. The largest absolute Gasteiger partial charge is 0.461 e. The smallest absolute Gasteiger partial charge is 0.460 e. The van der Waals surface area contributed by atoms with E-state index in [1.807, 2.05) is 26.8 Å². The number of carbonyl (C=O) groups excluding carboxylic acids is 1. The highest BCUT2D eigenvalue weighted by atomic mass is 28.4. The lowest BCUT2D eigenvalue weighted by Gasteiger charge is -2.64. The van der Waals surface area contributed by atoms with Gasteiger partial charge in [0.15, 0.2) is 8.32 Å². The molecule has 0 amide bonds. The van der Waals surface area contributed by atoms with Crippen LogP contribution in [0.5, 0.6) is 0 Å². The summed E-state index contributed by atoms with van der Waals surface area (Å²) in [4.78, 5) is 12.6. The molecule has 1 heterocycles. The predicted molar refractivity (Wildman–Crippen MR) is 137 cm³/mol. The molecule has 0 radical (unpaired) electrons. The first-order valence-corrected chi connectivity index (χ1v) is 15.7. The lowest BCUT2D eigenvalue weighted by molar-refractivity contribution is -0.199. The summed E-state index contributed by atoms with van der Waals surface area (Å²) in [5, 5.41) is 0.0581. The van der Waals surface area contributed by atoms with Gasteiger partial charge < -0.3 is 18.5 Å². The molecule has 188 valence electrons. The summed E-state index contributed by atoms with van der Waals surface area (Å²) >= 11 is 0. The molecule has 7 heteroatoms. The summed E-state index contributed by atoms with van der Waals surface area (Å²) in [5.74, 6) is 1.07. The molecular weight excluding hydrogens is 431 g/mol. The monoisotopic (exact) mass is 478 g/mol. The Bertz CT molecular complexity index is 766. The highest BCUT2D eigenvalue weighted by molar-refractivity contribution is 6.74. The Morgan fingerprint density at radius 3 is 2.33 bits per heavy atom. The van der Waals surface area contributed by atoms with Crippen molar-refractivity contribution in [3.63, 3.8) is 0 Å². The Morgan fingerprint density at radius 2 is 1.79 bits per heavy atom. The van der Waals surface area contributed by atoms with Crippen LogP contribution in [-0.2, 0) is 23.3 Å². The van der Waals surface area contributed by atoms with Crippen LogP contribution in [-0.4, -0.2) is 44.8 Å². The minimum absolute atomic E-state index is 0.0581. The van der Waals surface area contributed by atoms with Crippen molar-refractivity contribution in [2.75, 3.05) is 0 Å². The predicted octanol–water partition coefficient (Wildman–Crippen LogP) is 6.39. The molecule has 4 fully saturated rings. The Morgan fingerprint density at radius 1 is 1.15 bits per heavy atom. The first kappa shape index (κ1) is 27.0. The molecule has 4 rings (SSSR count). The maximum absolute atomic E-state index is 12.6. The van der Waals surface area contributed by atoms with Gasteiger partial charge in [-0.25, -0.2) is 0 Å². The molecule has 2 unspecified atom stereocenters. The normalized spacial score (nSPS) is 32.5. The van der Waals surface area contributed by atoms with E-state index in [4.69, 9.17) is 18.5 Å². The van der Waals surface area contributed by atoms with Gasteiger partial charge in [-0.05, 0) is 75.9 Å². The summed E-state index contributed by atoms with van der Waals surface area (Å²) < 4.78 is 25.0. The third-order valence-electron chi connectivity index (χ3n) is 8.72. The molecule has 2 bridgehead atoms. The number of allylic oxidation sites excluding steroid dienone is 1. The van der Waals surface area contributed by atoms with E-state index in [0.717, 1.165) is 12.3 Å². The van der Waals surface area contributed by atoms with E-state index in [9.17, 15) is 4.79 Å². The van der Waals surface area contributed by atoms with Gasteiger partial charge in [-0.2, -0.15) is 0 Å². The van der Waals surface area contributed by atoms with Crippen molar-refractivity contribution in [2.24, 2.45) is 17.3 Å². The van der Waals surface area contributed by atoms with Crippen LogP contribution >= 0.6 is 0 Å². The van der Waals surface area contributed by atoms with Crippen molar-refractivity contribution in [1.29, 1.82) is 0 Å². The van der Waals surface area contributed by atoms with Gasteiger partial charge in [-0.3, -0.25) is 4.79 Å². The van der Waals surface area contributed by atoms with Crippen molar-refractivity contribution >= 4 is 21.4 Å². The van der Waals surface area contributed by atoms with Crippen molar-refractivity contribution in [1.82, 2.24) is 0 Å². The van der Waals surface area contributed by atoms with Gasteiger partial charge in [0.1, 0.15) is 5.60 Å². The minimum Gasteiger partial charge on any atom is -0.460 e. The maximum atomic E-state index is 12.6. The first-order valence-electron chi connectivity index (χ1n) is 12.7. The average molecular weight is 479 g/mol. The second-order valence-electron chi connectivity index (χ2n) is 13.8. The molecule has 3 saturated carbocycles. The third kappa shape index (κ3) is 5.62. The topological polar surface area (TPSA) is 54.0 Å². The summed E-state index contributed by atoms with van der Waals surface area (Å²) in [6.45, 7) is 23.7. The van der Waals surface area contributed by atoms with Gasteiger partial charge in [-0.15, -0.1) is 0 Å². The summed E-state index contributed by atoms with van der Waals surface area (Å²) in [6, 6.07) is 0. The van der Waals surface area contributed by atoms with E-state index in [0.29, 0.717) is 17.7 Å². The number of carbonyl (C=O) groups is 1. The molecule has 33 heavy (non-hydrogen) atoms. The average Bonchev–Trinajstić information content (AvgIpc) is 2.94. The number of esters is 1. The van der Waals surface area contributed by atoms with E-state index in [-0.39, 0.29) is 42.4 Å². The number of hydrogen-bond donors (Lipinski definition) is 0. The van der Waals surface area contributed by atoms with Crippen molar-refractivity contribution < 1.29 is 23.3 Å². The van der Waals surface area contributed by atoms with E-state index in [2.05, 4.69) is 60.7 Å². The molecule has 1 aliphatic heterocycles. The number of rotatable bonds is 7. The molecule has 0 N–H and O–H groups in total. The molecule has 1 saturated heterocycles. The Kier molecular flexibility index (Phi) is 7.18. The molecule has 0 aromatic rings. The van der Waals surface area contributed by atoms with Crippen LogP contribution in [0.3, 0.4) is 0 Å². The van der Waals surface area contributed by atoms with Gasteiger partial charge >= 0.3 is 13.1 Å². The Hall–Kier alpha value is -0.628. The zero-order chi connectivity index (χ0) is 25.0. The lowest BCUT2D eigenvalue weighted by Crippen LogP contribution is -2.65. The fourth-order valence-corrected chi connectivity index (χ4v) is 6.92. The molecule has 5 atom stereocenters. The fraction of sp³-hybridized carbons (Fsp3) is 0.885. The molecule has 3 aliphatic carbocycles. The van der Waals surface area contributed by atoms with Crippen LogP contribution in [0.4, 0.5) is 0 Å². The van der Waals surface area contributed by atoms with Crippen molar-refractivity contribution in [3.8, 4) is 0 Å². The molecule has 4 aliphatic rings. The van der Waals surface area contributed by atoms with Crippen molar-refractivity contribution in [2.45, 2.75) is 129 Å². The van der Waals surface area contributed by atoms with Crippen LogP contribution in [0.15, 0.2) is 12.2 Å². The standard InChI is InChI=1S/C26H47BO5Si/c1-23(2,3)29-22(28)17-19(31-33(10,11)24(4,5)6)13-12-14-27-30-21-16-18-15-20(25(18,7)8)26(21,9)32-27/h12-13,18-21H,14-17H2,1-11H3/b13-12-/t18-,19?,20-,21?,26-/m0/s1. The minimum atomic E-state index is -2.05. The number of hydrogen-bond acceptors (Lipinski definition) is 5. The second-order valence-corrected chi connectivity index (χ2v) is 18.5. The molecule has 0 aromatic carbocycles. The molecular formula is C26H47BO5Si. The Balaban J connectivity index is 1.64. The van der Waals surface area contributed by atoms with Gasteiger partial charge in [0, 0.05) is 6.32 Å². The molecule has 5 nitrogen and oxygen atoms in total. The highest BCUT2D eigenvalue weighted by Crippen LogP contribution is 2.65. The van der Waals surface area contributed by atoms with Gasteiger partial charge in [0.25, 0.3) is 0 Å². The SMILES string of the molecule is CC(C)(C)OC(=O)CC(/C=C\CB1OC2C[C@@H]3C[C@@H](C3(C)C)[C@]2(C)O1)O[Si](C)(C)C(C)(C)C. The maximum Gasteiger partial charge on any atom is 0.461 e. The molecule has 0 aromatic heterocycles. The highest BCUT2D eigenvalue weighted by Gasteiger charge is 2.67. The van der Waals surface area contributed by atoms with E-state index in [1.54, 1.807) is 0 Å². The molecule has 0 spiro atoms. The van der Waals surface area contributed by atoms with Crippen LogP contribution in [0.1, 0.15) is 81.6 Å². The lowest BCUT2D eigenvalue weighted by atomic mass is 9.43. The van der Waals surface area contributed by atoms with Crippen LogP contribution in [0.2, 0.25) is 24.5 Å². The second kappa shape index (κ2) is 8.79.